The molecule has 0 spiro atoms. The van der Waals surface area contributed by atoms with Crippen molar-refractivity contribution in [2.45, 2.75) is 0 Å². The van der Waals surface area contributed by atoms with Crippen molar-refractivity contribution in [2.75, 3.05) is 0 Å². The second-order valence-corrected chi connectivity index (χ2v) is 2.29. The quantitative estimate of drug-likeness (QED) is 0.545. The zero-order valence-electron chi connectivity index (χ0n) is 6.36. The summed E-state index contributed by atoms with van der Waals surface area (Å²) in [5.74, 6) is -1.89. The molecule has 2 N–H and O–H groups in total. The zero-order valence-corrected chi connectivity index (χ0v) is 6.36. The summed E-state index contributed by atoms with van der Waals surface area (Å²) in [4.78, 5) is 20.0. The van der Waals surface area contributed by atoms with E-state index in [9.17, 15) is 19.3 Å². The summed E-state index contributed by atoms with van der Waals surface area (Å²) in [5, 5.41) is 10.2. The Morgan fingerprint density at radius 2 is 2.15 bits per heavy atom. The van der Waals surface area contributed by atoms with Crippen molar-refractivity contribution >= 4 is 11.6 Å². The van der Waals surface area contributed by atoms with Crippen LogP contribution in [-0.4, -0.2) is 10.8 Å². The van der Waals surface area contributed by atoms with Gasteiger partial charge in [0, 0.05) is 12.1 Å². The van der Waals surface area contributed by atoms with Gasteiger partial charge in [0.15, 0.2) is 0 Å². The second-order valence-electron chi connectivity index (χ2n) is 2.29. The molecule has 0 aliphatic heterocycles. The van der Waals surface area contributed by atoms with Gasteiger partial charge in [-0.15, -0.1) is 0 Å². The number of nitro groups is 1. The lowest BCUT2D eigenvalue weighted by atomic mass is 10.2. The minimum absolute atomic E-state index is 0.366. The monoisotopic (exact) mass is 184 g/mol. The van der Waals surface area contributed by atoms with Gasteiger partial charge in [0.2, 0.25) is 0 Å². The first-order chi connectivity index (χ1) is 6.02. The predicted octanol–water partition coefficient (Wildman–Crippen LogP) is 0.833. The van der Waals surface area contributed by atoms with Gasteiger partial charge < -0.3 is 5.73 Å². The fourth-order valence-corrected chi connectivity index (χ4v) is 0.816. The molecule has 0 aliphatic carbocycles. The molecule has 0 aromatic heterocycles. The molecule has 0 fully saturated rings. The van der Waals surface area contributed by atoms with Gasteiger partial charge in [0.25, 0.3) is 11.6 Å². The highest BCUT2D eigenvalue weighted by molar-refractivity contribution is 5.93. The first-order valence-electron chi connectivity index (χ1n) is 3.26. The number of non-ortho nitro benzene ring substituents is 1. The minimum atomic E-state index is -1.03. The van der Waals surface area contributed by atoms with Crippen LogP contribution in [0, 0.1) is 15.9 Å². The van der Waals surface area contributed by atoms with E-state index >= 15 is 0 Å². The number of nitrogens with two attached hydrogens (primary N) is 1. The van der Waals surface area contributed by atoms with Crippen LogP contribution in [0.2, 0.25) is 0 Å². The van der Waals surface area contributed by atoms with Crippen molar-refractivity contribution in [1.82, 2.24) is 0 Å². The summed E-state index contributed by atoms with van der Waals surface area (Å²) in [6.07, 6.45) is 0. The maximum absolute atomic E-state index is 12.8. The number of amides is 1. The molecular weight excluding hydrogens is 179 g/mol. The van der Waals surface area contributed by atoms with E-state index < -0.39 is 22.2 Å². The smallest absolute Gasteiger partial charge is 0.270 e. The normalized spacial score (nSPS) is 9.62. The molecule has 1 rings (SSSR count). The number of benzene rings is 1. The summed E-state index contributed by atoms with van der Waals surface area (Å²) in [6, 6.07) is 2.59. The molecule has 0 saturated carbocycles. The summed E-state index contributed by atoms with van der Waals surface area (Å²) < 4.78 is 12.8. The van der Waals surface area contributed by atoms with Gasteiger partial charge in [-0.3, -0.25) is 14.9 Å². The number of rotatable bonds is 2. The van der Waals surface area contributed by atoms with Crippen molar-refractivity contribution in [1.29, 1.82) is 0 Å². The van der Waals surface area contributed by atoms with Crippen LogP contribution in [0.5, 0.6) is 0 Å². The van der Waals surface area contributed by atoms with E-state index in [0.29, 0.717) is 0 Å². The highest BCUT2D eigenvalue weighted by atomic mass is 19.1. The Morgan fingerprint density at radius 3 is 2.62 bits per heavy atom. The molecule has 0 saturated heterocycles. The van der Waals surface area contributed by atoms with E-state index in [-0.39, 0.29) is 5.69 Å². The van der Waals surface area contributed by atoms with E-state index in [2.05, 4.69) is 0 Å². The molecule has 13 heavy (non-hydrogen) atoms. The molecule has 0 radical (unpaired) electrons. The SMILES string of the molecule is NC(=O)c1cc([N+](=O)[O-])ccc1F. The number of hydrogen-bond acceptors (Lipinski definition) is 3. The average molecular weight is 184 g/mol. The molecular formula is C7H5FN2O3. The third-order valence-corrected chi connectivity index (χ3v) is 1.43. The summed E-state index contributed by atoms with van der Waals surface area (Å²) in [6.45, 7) is 0. The maximum atomic E-state index is 12.8. The lowest BCUT2D eigenvalue weighted by molar-refractivity contribution is -0.384. The summed E-state index contributed by atoms with van der Waals surface area (Å²) in [5.41, 5.74) is 3.94. The van der Waals surface area contributed by atoms with Gasteiger partial charge in [0.05, 0.1) is 10.5 Å². The first kappa shape index (κ1) is 9.11. The van der Waals surface area contributed by atoms with Crippen molar-refractivity contribution in [3.8, 4) is 0 Å². The van der Waals surface area contributed by atoms with E-state index in [4.69, 9.17) is 5.73 Å². The molecule has 0 aliphatic rings. The molecule has 0 heterocycles. The number of nitro benzene ring substituents is 1. The molecule has 1 aromatic carbocycles. The Labute approximate surface area is 72.1 Å². The van der Waals surface area contributed by atoms with Crippen molar-refractivity contribution < 1.29 is 14.1 Å². The number of halogens is 1. The third kappa shape index (κ3) is 1.78. The van der Waals surface area contributed by atoms with Gasteiger partial charge in [-0.1, -0.05) is 0 Å². The number of nitrogens with zero attached hydrogens (tertiary/aromatic N) is 1. The van der Waals surface area contributed by atoms with Crippen LogP contribution in [0.25, 0.3) is 0 Å². The topological polar surface area (TPSA) is 86.2 Å². The Morgan fingerprint density at radius 1 is 1.54 bits per heavy atom. The highest BCUT2D eigenvalue weighted by Gasteiger charge is 2.13. The van der Waals surface area contributed by atoms with Gasteiger partial charge >= 0.3 is 0 Å². The third-order valence-electron chi connectivity index (χ3n) is 1.43. The van der Waals surface area contributed by atoms with E-state index in [1.807, 2.05) is 0 Å². The van der Waals surface area contributed by atoms with Crippen LogP contribution in [-0.2, 0) is 0 Å². The van der Waals surface area contributed by atoms with Crippen LogP contribution in [0.3, 0.4) is 0 Å². The number of hydrogen-bond donors (Lipinski definition) is 1. The van der Waals surface area contributed by atoms with Crippen molar-refractivity contribution in [2.24, 2.45) is 5.73 Å². The fraction of sp³-hybridized carbons (Fsp3) is 0. The van der Waals surface area contributed by atoms with Crippen LogP contribution in [0.1, 0.15) is 10.4 Å². The largest absolute Gasteiger partial charge is 0.366 e. The Balaban J connectivity index is 3.27. The molecule has 1 aromatic rings. The molecule has 1 amide bonds. The number of primary amides is 1. The molecule has 6 heteroatoms. The van der Waals surface area contributed by atoms with Gasteiger partial charge in [0.1, 0.15) is 5.82 Å². The van der Waals surface area contributed by atoms with E-state index in [1.54, 1.807) is 0 Å². The molecule has 68 valence electrons. The Bertz CT molecular complexity index is 378. The van der Waals surface area contributed by atoms with Gasteiger partial charge in [-0.05, 0) is 6.07 Å². The molecule has 0 unspecified atom stereocenters. The van der Waals surface area contributed by atoms with Gasteiger partial charge in [-0.25, -0.2) is 4.39 Å². The molecule has 0 atom stereocenters. The van der Waals surface area contributed by atoms with Crippen LogP contribution < -0.4 is 5.73 Å². The van der Waals surface area contributed by atoms with Crippen LogP contribution >= 0.6 is 0 Å². The Hall–Kier alpha value is -1.98. The van der Waals surface area contributed by atoms with Crippen molar-refractivity contribution in [3.63, 3.8) is 0 Å². The highest BCUT2D eigenvalue weighted by Crippen LogP contribution is 2.15. The zero-order chi connectivity index (χ0) is 10.0. The average Bonchev–Trinajstić information content (AvgIpc) is 2.04. The standard InChI is InChI=1S/C7H5FN2O3/c8-6-2-1-4(10(12)13)3-5(6)7(9)11/h1-3H,(H2,9,11). The summed E-state index contributed by atoms with van der Waals surface area (Å²) in [7, 11) is 0. The maximum Gasteiger partial charge on any atom is 0.270 e. The minimum Gasteiger partial charge on any atom is -0.366 e. The fourth-order valence-electron chi connectivity index (χ4n) is 0.816. The number of carbonyl (C=O) groups excluding carboxylic acids is 1. The van der Waals surface area contributed by atoms with Crippen LogP contribution in [0.15, 0.2) is 18.2 Å². The van der Waals surface area contributed by atoms with E-state index in [0.717, 1.165) is 18.2 Å². The lowest BCUT2D eigenvalue weighted by Crippen LogP contribution is -2.13. The number of carbonyl (C=O) groups is 1. The first-order valence-corrected chi connectivity index (χ1v) is 3.26. The predicted molar refractivity (Wildman–Crippen MR) is 41.6 cm³/mol. The molecule has 0 bridgehead atoms. The Kier molecular flexibility index (Phi) is 2.23. The van der Waals surface area contributed by atoms with Crippen LogP contribution in [0.4, 0.5) is 10.1 Å². The lowest BCUT2D eigenvalue weighted by Gasteiger charge is -1.96. The molecule has 5 nitrogen and oxygen atoms in total. The van der Waals surface area contributed by atoms with Gasteiger partial charge in [-0.2, -0.15) is 0 Å². The van der Waals surface area contributed by atoms with Crippen molar-refractivity contribution in [3.05, 3.63) is 39.7 Å². The second kappa shape index (κ2) is 3.18. The van der Waals surface area contributed by atoms with E-state index in [1.165, 1.54) is 0 Å². The summed E-state index contributed by atoms with van der Waals surface area (Å²) >= 11 is 0.